The van der Waals surface area contributed by atoms with Crippen LogP contribution < -0.4 is 15.5 Å². The number of benzene rings is 3. The molecule has 3 rings (SSSR count). The summed E-state index contributed by atoms with van der Waals surface area (Å²) in [5.41, 5.74) is 0.647. The average molecular weight is 421 g/mol. The van der Waals surface area contributed by atoms with E-state index in [1.165, 1.54) is 30.0 Å². The summed E-state index contributed by atoms with van der Waals surface area (Å²) in [5, 5.41) is 21.7. The molecule has 0 aromatic heterocycles. The van der Waals surface area contributed by atoms with Gasteiger partial charge in [-0.1, -0.05) is 54.2 Å². The minimum absolute atomic E-state index is 0.00724. The van der Waals surface area contributed by atoms with Gasteiger partial charge in [0, 0.05) is 9.79 Å². The Balaban J connectivity index is 1.74. The molecule has 1 atom stereocenters. The normalized spacial score (nSPS) is 11.4. The Morgan fingerprint density at radius 1 is 1.03 bits per heavy atom. The molecule has 0 heterocycles. The lowest BCUT2D eigenvalue weighted by Gasteiger charge is -2.18. The smallest absolute Gasteiger partial charge is 0.480 e. The maximum atomic E-state index is 12.7. The molecule has 152 valence electrons. The third-order valence-corrected chi connectivity index (χ3v) is 5.37. The van der Waals surface area contributed by atoms with Gasteiger partial charge in [-0.15, -0.1) is 0 Å². The second kappa shape index (κ2) is 10.1. The Kier molecular flexibility index (Phi) is 7.29. The van der Waals surface area contributed by atoms with E-state index in [1.54, 1.807) is 13.0 Å². The maximum absolute atomic E-state index is 12.7. The number of carbonyl (C=O) groups excluding carboxylic acids is 2. The number of hydrogen-bond donors (Lipinski definition) is 3. The van der Waals surface area contributed by atoms with Crippen LogP contribution in [0.1, 0.15) is 17.3 Å². The van der Waals surface area contributed by atoms with Crippen molar-refractivity contribution in [3.8, 4) is 5.75 Å². The Morgan fingerprint density at radius 3 is 2.43 bits per heavy atom. The fraction of sp³-hybridized carbons (Fsp3) is 0.0909. The first-order valence-corrected chi connectivity index (χ1v) is 10.0. The Bertz CT molecular complexity index is 1030. The minimum atomic E-state index is -1.82. The van der Waals surface area contributed by atoms with Crippen LogP contribution in [0.3, 0.4) is 0 Å². The maximum Gasteiger partial charge on any atom is 0.489 e. The highest BCUT2D eigenvalue weighted by Crippen LogP contribution is 2.33. The number of rotatable bonds is 8. The van der Waals surface area contributed by atoms with Crippen LogP contribution in [0.4, 0.5) is 5.69 Å². The third kappa shape index (κ3) is 5.30. The highest BCUT2D eigenvalue weighted by Gasteiger charge is 2.22. The first-order valence-electron chi connectivity index (χ1n) is 9.23. The van der Waals surface area contributed by atoms with E-state index < -0.39 is 19.1 Å². The van der Waals surface area contributed by atoms with Crippen LogP contribution >= 0.6 is 11.8 Å². The van der Waals surface area contributed by atoms with Crippen molar-refractivity contribution in [2.45, 2.75) is 22.8 Å². The van der Waals surface area contributed by atoms with Gasteiger partial charge in [0.15, 0.2) is 12.4 Å². The first kappa shape index (κ1) is 21.6. The summed E-state index contributed by atoms with van der Waals surface area (Å²) in [6, 6.07) is 21.7. The third-order valence-electron chi connectivity index (χ3n) is 4.28. The summed E-state index contributed by atoms with van der Waals surface area (Å²) in [6.45, 7) is 1.55. The Hall–Kier alpha value is -3.07. The molecular weight excluding hydrogens is 401 g/mol. The standard InChI is InChI=1S/C22H20BNO5S/c1-15(29-20-12-7-10-18(23(27)28)17(20)14-25)22(26)24-19-11-5-6-13-21(19)30-16-8-3-2-4-9-16/h2-15,27-28H,1H3,(H,24,26). The zero-order valence-corrected chi connectivity index (χ0v) is 17.0. The number of aldehydes is 1. The number of carbonyl (C=O) groups is 2. The highest BCUT2D eigenvalue weighted by atomic mass is 32.2. The van der Waals surface area contributed by atoms with Crippen LogP contribution in [0.15, 0.2) is 82.6 Å². The highest BCUT2D eigenvalue weighted by molar-refractivity contribution is 7.99. The molecule has 3 aromatic rings. The fourth-order valence-corrected chi connectivity index (χ4v) is 3.69. The quantitative estimate of drug-likeness (QED) is 0.383. The fourth-order valence-electron chi connectivity index (χ4n) is 2.77. The summed E-state index contributed by atoms with van der Waals surface area (Å²) < 4.78 is 5.65. The van der Waals surface area contributed by atoms with Gasteiger partial charge in [-0.25, -0.2) is 0 Å². The molecule has 0 aliphatic rings. The van der Waals surface area contributed by atoms with E-state index in [-0.39, 0.29) is 16.8 Å². The SMILES string of the molecule is CC(Oc1cccc(B(O)O)c1C=O)C(=O)Nc1ccccc1Sc1ccccc1. The van der Waals surface area contributed by atoms with Crippen LogP contribution in [0.5, 0.6) is 5.75 Å². The van der Waals surface area contributed by atoms with Gasteiger partial charge >= 0.3 is 7.12 Å². The van der Waals surface area contributed by atoms with Crippen LogP contribution in [0, 0.1) is 0 Å². The second-order valence-corrected chi connectivity index (χ2v) is 7.53. The van der Waals surface area contributed by atoms with Gasteiger partial charge in [-0.3, -0.25) is 9.59 Å². The molecule has 1 unspecified atom stereocenters. The van der Waals surface area contributed by atoms with Crippen LogP contribution in [-0.4, -0.2) is 35.5 Å². The molecule has 0 spiro atoms. The molecule has 0 bridgehead atoms. The van der Waals surface area contributed by atoms with Crippen molar-refractivity contribution in [1.82, 2.24) is 0 Å². The van der Waals surface area contributed by atoms with Gasteiger partial charge in [-0.05, 0) is 42.7 Å². The summed E-state index contributed by atoms with van der Waals surface area (Å²) in [7, 11) is -1.82. The van der Waals surface area contributed by atoms with Crippen molar-refractivity contribution in [2.75, 3.05) is 5.32 Å². The summed E-state index contributed by atoms with van der Waals surface area (Å²) >= 11 is 1.53. The largest absolute Gasteiger partial charge is 0.489 e. The van der Waals surface area contributed by atoms with E-state index in [0.29, 0.717) is 12.0 Å². The molecule has 6 nitrogen and oxygen atoms in total. The minimum Gasteiger partial charge on any atom is -0.480 e. The van der Waals surface area contributed by atoms with Gasteiger partial charge in [0.05, 0.1) is 11.3 Å². The Morgan fingerprint density at radius 2 is 1.73 bits per heavy atom. The van der Waals surface area contributed by atoms with Gasteiger partial charge in [-0.2, -0.15) is 0 Å². The lowest BCUT2D eigenvalue weighted by Crippen LogP contribution is -2.35. The number of anilines is 1. The van der Waals surface area contributed by atoms with Crippen LogP contribution in [-0.2, 0) is 4.79 Å². The molecule has 0 saturated heterocycles. The lowest BCUT2D eigenvalue weighted by atomic mass is 9.77. The van der Waals surface area contributed by atoms with Gasteiger partial charge in [0.2, 0.25) is 0 Å². The van der Waals surface area contributed by atoms with Crippen molar-refractivity contribution in [3.63, 3.8) is 0 Å². The van der Waals surface area contributed by atoms with E-state index in [2.05, 4.69) is 5.32 Å². The van der Waals surface area contributed by atoms with E-state index in [9.17, 15) is 19.6 Å². The number of ether oxygens (including phenoxy) is 1. The van der Waals surface area contributed by atoms with Crippen molar-refractivity contribution < 1.29 is 24.4 Å². The van der Waals surface area contributed by atoms with Crippen molar-refractivity contribution in [2.24, 2.45) is 0 Å². The molecule has 0 fully saturated rings. The van der Waals surface area contributed by atoms with Crippen molar-refractivity contribution in [1.29, 1.82) is 0 Å². The van der Waals surface area contributed by atoms with E-state index in [4.69, 9.17) is 4.74 Å². The second-order valence-electron chi connectivity index (χ2n) is 6.41. The van der Waals surface area contributed by atoms with E-state index in [0.717, 1.165) is 9.79 Å². The predicted octanol–water partition coefficient (Wildman–Crippen LogP) is 2.74. The molecule has 8 heteroatoms. The van der Waals surface area contributed by atoms with Crippen molar-refractivity contribution in [3.05, 3.63) is 78.4 Å². The van der Waals surface area contributed by atoms with E-state index in [1.807, 2.05) is 48.5 Å². The monoisotopic (exact) mass is 421 g/mol. The molecule has 0 radical (unpaired) electrons. The molecule has 30 heavy (non-hydrogen) atoms. The summed E-state index contributed by atoms with van der Waals surface area (Å²) in [4.78, 5) is 26.0. The molecule has 3 aromatic carbocycles. The van der Waals surface area contributed by atoms with Crippen LogP contribution in [0.2, 0.25) is 0 Å². The summed E-state index contributed by atoms with van der Waals surface area (Å²) in [5.74, 6) is -0.298. The zero-order valence-electron chi connectivity index (χ0n) is 16.2. The predicted molar refractivity (Wildman–Crippen MR) is 117 cm³/mol. The van der Waals surface area contributed by atoms with Crippen molar-refractivity contribution >= 4 is 42.2 Å². The zero-order chi connectivity index (χ0) is 21.5. The summed E-state index contributed by atoms with van der Waals surface area (Å²) in [6.07, 6.45) is -0.454. The molecule has 3 N–H and O–H groups in total. The topological polar surface area (TPSA) is 95.9 Å². The van der Waals surface area contributed by atoms with Crippen LogP contribution in [0.25, 0.3) is 0 Å². The lowest BCUT2D eigenvalue weighted by molar-refractivity contribution is -0.122. The molecule has 1 amide bonds. The molecular formula is C22H20BNO5S. The number of amides is 1. The van der Waals surface area contributed by atoms with E-state index >= 15 is 0 Å². The number of para-hydroxylation sites is 1. The van der Waals surface area contributed by atoms with Gasteiger partial charge < -0.3 is 20.1 Å². The van der Waals surface area contributed by atoms with Gasteiger partial charge in [0.1, 0.15) is 5.75 Å². The number of nitrogens with one attached hydrogen (secondary N) is 1. The number of hydrogen-bond acceptors (Lipinski definition) is 6. The molecule has 0 saturated carbocycles. The average Bonchev–Trinajstić information content (AvgIpc) is 2.75. The van der Waals surface area contributed by atoms with Gasteiger partial charge in [0.25, 0.3) is 5.91 Å². The molecule has 0 aliphatic heterocycles. The Labute approximate surface area is 179 Å². The first-order chi connectivity index (χ1) is 14.5. The molecule has 0 aliphatic carbocycles.